The van der Waals surface area contributed by atoms with Gasteiger partial charge in [0.2, 0.25) is 0 Å². The molecule has 2 rings (SSSR count). The predicted molar refractivity (Wildman–Crippen MR) is 77.4 cm³/mol. The number of likely N-dealkylation sites (N-methyl/N-ethyl adjacent to an activating group) is 1. The highest BCUT2D eigenvalue weighted by molar-refractivity contribution is 6.31. The van der Waals surface area contributed by atoms with Crippen molar-refractivity contribution in [2.75, 3.05) is 13.6 Å². The molecule has 0 bridgehead atoms. The topological polar surface area (TPSA) is 59.2 Å². The maximum atomic E-state index is 12.2. The van der Waals surface area contributed by atoms with E-state index >= 15 is 0 Å². The molecule has 1 aromatic carbocycles. The SMILES string of the molecule is CC(CN)N(C)C(=O)c1ccc2ccc(Cl)cc2n1. The number of halogens is 1. The number of benzene rings is 1. The first kappa shape index (κ1) is 13.8. The van der Waals surface area contributed by atoms with Gasteiger partial charge in [0.1, 0.15) is 5.69 Å². The van der Waals surface area contributed by atoms with E-state index in [1.807, 2.05) is 19.1 Å². The number of rotatable bonds is 3. The Bertz CT molecular complexity index is 615. The third-order valence-electron chi connectivity index (χ3n) is 3.20. The average Bonchev–Trinajstić information content (AvgIpc) is 2.43. The van der Waals surface area contributed by atoms with Crippen LogP contribution in [0.1, 0.15) is 17.4 Å². The quantitative estimate of drug-likeness (QED) is 0.936. The van der Waals surface area contributed by atoms with Crippen molar-refractivity contribution in [3.63, 3.8) is 0 Å². The van der Waals surface area contributed by atoms with Crippen molar-refractivity contribution >= 4 is 28.4 Å². The molecule has 0 aliphatic heterocycles. The van der Waals surface area contributed by atoms with Gasteiger partial charge < -0.3 is 10.6 Å². The molecular formula is C14H16ClN3O. The molecule has 0 radical (unpaired) electrons. The molecule has 0 aliphatic rings. The molecule has 0 saturated heterocycles. The van der Waals surface area contributed by atoms with Gasteiger partial charge in [-0.05, 0) is 25.1 Å². The van der Waals surface area contributed by atoms with Crippen LogP contribution in [0, 0.1) is 0 Å². The number of nitrogens with two attached hydrogens (primary N) is 1. The van der Waals surface area contributed by atoms with Crippen LogP contribution in [-0.4, -0.2) is 35.4 Å². The predicted octanol–water partition coefficient (Wildman–Crippen LogP) is 2.31. The summed E-state index contributed by atoms with van der Waals surface area (Å²) < 4.78 is 0. The lowest BCUT2D eigenvalue weighted by molar-refractivity contribution is 0.0743. The zero-order valence-electron chi connectivity index (χ0n) is 10.9. The summed E-state index contributed by atoms with van der Waals surface area (Å²) in [7, 11) is 1.73. The first-order valence-corrected chi connectivity index (χ1v) is 6.44. The van der Waals surface area contributed by atoms with Gasteiger partial charge in [-0.2, -0.15) is 0 Å². The summed E-state index contributed by atoms with van der Waals surface area (Å²) in [5.74, 6) is -0.139. The third kappa shape index (κ3) is 2.85. The number of amides is 1. The number of carbonyl (C=O) groups excluding carboxylic acids is 1. The second kappa shape index (κ2) is 5.55. The number of fused-ring (bicyclic) bond motifs is 1. The van der Waals surface area contributed by atoms with Crippen LogP contribution in [0.2, 0.25) is 5.02 Å². The molecule has 0 fully saturated rings. The number of aromatic nitrogens is 1. The summed E-state index contributed by atoms with van der Waals surface area (Å²) >= 11 is 5.93. The molecule has 0 spiro atoms. The van der Waals surface area contributed by atoms with Crippen molar-refractivity contribution in [2.45, 2.75) is 13.0 Å². The molecule has 1 heterocycles. The van der Waals surface area contributed by atoms with Gasteiger partial charge in [0.25, 0.3) is 5.91 Å². The second-order valence-corrected chi connectivity index (χ2v) is 4.97. The zero-order chi connectivity index (χ0) is 14.0. The van der Waals surface area contributed by atoms with Crippen molar-refractivity contribution in [1.29, 1.82) is 0 Å². The van der Waals surface area contributed by atoms with Crippen molar-refractivity contribution in [3.8, 4) is 0 Å². The highest BCUT2D eigenvalue weighted by Gasteiger charge is 2.17. The molecule has 1 atom stereocenters. The molecule has 1 unspecified atom stereocenters. The van der Waals surface area contributed by atoms with E-state index in [9.17, 15) is 4.79 Å². The molecular weight excluding hydrogens is 262 g/mol. The number of hydrogen-bond donors (Lipinski definition) is 1. The summed E-state index contributed by atoms with van der Waals surface area (Å²) in [5, 5.41) is 1.56. The standard InChI is InChI=1S/C14H16ClN3O/c1-9(8-16)18(2)14(19)12-6-4-10-3-5-11(15)7-13(10)17-12/h3-7,9H,8,16H2,1-2H3. The fraction of sp³-hybridized carbons (Fsp3) is 0.286. The first-order valence-electron chi connectivity index (χ1n) is 6.06. The van der Waals surface area contributed by atoms with Crippen LogP contribution in [0.25, 0.3) is 10.9 Å². The third-order valence-corrected chi connectivity index (χ3v) is 3.43. The van der Waals surface area contributed by atoms with Gasteiger partial charge in [0.05, 0.1) is 5.52 Å². The Hall–Kier alpha value is -1.65. The van der Waals surface area contributed by atoms with Gasteiger partial charge >= 0.3 is 0 Å². The van der Waals surface area contributed by atoms with Crippen molar-refractivity contribution in [1.82, 2.24) is 9.88 Å². The summed E-state index contributed by atoms with van der Waals surface area (Å²) in [4.78, 5) is 18.2. The van der Waals surface area contributed by atoms with E-state index in [2.05, 4.69) is 4.98 Å². The molecule has 5 heteroatoms. The monoisotopic (exact) mass is 277 g/mol. The minimum atomic E-state index is -0.139. The van der Waals surface area contributed by atoms with Crippen molar-refractivity contribution in [2.24, 2.45) is 5.73 Å². The Balaban J connectivity index is 2.37. The molecule has 0 saturated carbocycles. The van der Waals surface area contributed by atoms with E-state index in [0.29, 0.717) is 22.8 Å². The van der Waals surface area contributed by atoms with E-state index in [4.69, 9.17) is 17.3 Å². The van der Waals surface area contributed by atoms with Crippen molar-refractivity contribution < 1.29 is 4.79 Å². The van der Waals surface area contributed by atoms with Crippen LogP contribution in [-0.2, 0) is 0 Å². The maximum Gasteiger partial charge on any atom is 0.272 e. The minimum Gasteiger partial charge on any atom is -0.336 e. The van der Waals surface area contributed by atoms with Gasteiger partial charge in [-0.25, -0.2) is 4.98 Å². The molecule has 19 heavy (non-hydrogen) atoms. The zero-order valence-corrected chi connectivity index (χ0v) is 11.7. The van der Waals surface area contributed by atoms with Crippen LogP contribution in [0.5, 0.6) is 0 Å². The molecule has 4 nitrogen and oxygen atoms in total. The van der Waals surface area contributed by atoms with Crippen LogP contribution < -0.4 is 5.73 Å². The first-order chi connectivity index (χ1) is 9.02. The second-order valence-electron chi connectivity index (χ2n) is 4.53. The van der Waals surface area contributed by atoms with Gasteiger partial charge in [0, 0.05) is 30.0 Å². The highest BCUT2D eigenvalue weighted by Crippen LogP contribution is 2.18. The van der Waals surface area contributed by atoms with E-state index < -0.39 is 0 Å². The molecule has 2 aromatic rings. The molecule has 1 aromatic heterocycles. The van der Waals surface area contributed by atoms with Gasteiger partial charge in [-0.1, -0.05) is 23.7 Å². The lowest BCUT2D eigenvalue weighted by Gasteiger charge is -2.23. The normalized spacial score (nSPS) is 12.4. The summed E-state index contributed by atoms with van der Waals surface area (Å²) in [5.41, 5.74) is 6.68. The van der Waals surface area contributed by atoms with E-state index in [1.54, 1.807) is 30.1 Å². The molecule has 0 aliphatic carbocycles. The average molecular weight is 278 g/mol. The van der Waals surface area contributed by atoms with Gasteiger partial charge in [-0.3, -0.25) is 4.79 Å². The summed E-state index contributed by atoms with van der Waals surface area (Å²) in [6, 6.07) is 9.00. The fourth-order valence-electron chi connectivity index (χ4n) is 1.75. The molecule has 1 amide bonds. The van der Waals surface area contributed by atoms with Crippen LogP contribution in [0.15, 0.2) is 30.3 Å². The number of hydrogen-bond acceptors (Lipinski definition) is 3. The summed E-state index contributed by atoms with van der Waals surface area (Å²) in [6.45, 7) is 2.32. The van der Waals surface area contributed by atoms with Gasteiger partial charge in [-0.15, -0.1) is 0 Å². The Labute approximate surface area is 117 Å². The number of carbonyl (C=O) groups is 1. The summed E-state index contributed by atoms with van der Waals surface area (Å²) in [6.07, 6.45) is 0. The van der Waals surface area contributed by atoms with Gasteiger partial charge in [0.15, 0.2) is 0 Å². The Kier molecular flexibility index (Phi) is 4.02. The number of pyridine rings is 1. The lowest BCUT2D eigenvalue weighted by atomic mass is 10.2. The van der Waals surface area contributed by atoms with Crippen LogP contribution >= 0.6 is 11.6 Å². The largest absolute Gasteiger partial charge is 0.336 e. The Morgan fingerprint density at radius 3 is 2.79 bits per heavy atom. The van der Waals surface area contributed by atoms with Crippen LogP contribution in [0.4, 0.5) is 0 Å². The minimum absolute atomic E-state index is 0.0237. The fourth-order valence-corrected chi connectivity index (χ4v) is 1.91. The van der Waals surface area contributed by atoms with Crippen molar-refractivity contribution in [3.05, 3.63) is 41.0 Å². The van der Waals surface area contributed by atoms with E-state index in [1.165, 1.54) is 0 Å². The number of nitrogens with zero attached hydrogens (tertiary/aromatic N) is 2. The lowest BCUT2D eigenvalue weighted by Crippen LogP contribution is -2.40. The maximum absolute atomic E-state index is 12.2. The smallest absolute Gasteiger partial charge is 0.272 e. The van der Waals surface area contributed by atoms with E-state index in [-0.39, 0.29) is 11.9 Å². The Morgan fingerprint density at radius 1 is 1.42 bits per heavy atom. The molecule has 100 valence electrons. The Morgan fingerprint density at radius 2 is 2.11 bits per heavy atom. The highest BCUT2D eigenvalue weighted by atomic mass is 35.5. The molecule has 2 N–H and O–H groups in total. The van der Waals surface area contributed by atoms with E-state index in [0.717, 1.165) is 5.39 Å². The van der Waals surface area contributed by atoms with Crippen LogP contribution in [0.3, 0.4) is 0 Å².